The van der Waals surface area contributed by atoms with Crippen molar-refractivity contribution in [2.24, 2.45) is 5.92 Å². The molecule has 1 aliphatic rings. The largest absolute Gasteiger partial charge is 0.472 e. The maximum Gasteiger partial charge on any atom is 0.257 e. The molecule has 0 radical (unpaired) electrons. The Hall–Kier alpha value is -2.56. The fraction of sp³-hybridized carbons (Fsp3) is 0.429. The predicted octanol–water partition coefficient (Wildman–Crippen LogP) is 4.28. The molecule has 2 atom stereocenters. The number of amides is 2. The van der Waals surface area contributed by atoms with Crippen molar-refractivity contribution in [3.8, 4) is 0 Å². The van der Waals surface area contributed by atoms with Crippen LogP contribution in [0.1, 0.15) is 54.9 Å². The molecule has 3 rings (SSSR count). The molecule has 26 heavy (non-hydrogen) atoms. The topological polar surface area (TPSA) is 62.6 Å². The molecule has 1 aromatic heterocycles. The van der Waals surface area contributed by atoms with E-state index in [0.29, 0.717) is 24.6 Å². The minimum atomic E-state index is -0.186. The summed E-state index contributed by atoms with van der Waals surface area (Å²) in [6.07, 6.45) is 5.66. The lowest BCUT2D eigenvalue weighted by Gasteiger charge is -2.31. The van der Waals surface area contributed by atoms with Crippen LogP contribution in [0.5, 0.6) is 0 Å². The average molecular weight is 354 g/mol. The molecule has 0 bridgehead atoms. The Morgan fingerprint density at radius 1 is 1.27 bits per heavy atom. The number of nitrogens with one attached hydrogen (secondary N) is 1. The highest BCUT2D eigenvalue weighted by Gasteiger charge is 2.29. The van der Waals surface area contributed by atoms with Gasteiger partial charge in [-0.2, -0.15) is 0 Å². The number of rotatable bonds is 5. The minimum Gasteiger partial charge on any atom is -0.472 e. The van der Waals surface area contributed by atoms with Crippen LogP contribution < -0.4 is 5.32 Å². The minimum absolute atomic E-state index is 0.0222. The molecule has 1 aliphatic heterocycles. The average Bonchev–Trinajstić information content (AvgIpc) is 3.22. The molecule has 1 fully saturated rings. The first-order valence-electron chi connectivity index (χ1n) is 9.30. The van der Waals surface area contributed by atoms with E-state index >= 15 is 0 Å². The highest BCUT2D eigenvalue weighted by Crippen LogP contribution is 2.23. The van der Waals surface area contributed by atoms with Crippen LogP contribution in [0.25, 0.3) is 0 Å². The third-order valence-electron chi connectivity index (χ3n) is 5.21. The Balaban J connectivity index is 1.60. The Kier molecular flexibility index (Phi) is 5.76. The third kappa shape index (κ3) is 4.15. The lowest BCUT2D eigenvalue weighted by molar-refractivity contribution is -0.121. The Morgan fingerprint density at radius 3 is 2.69 bits per heavy atom. The lowest BCUT2D eigenvalue weighted by Crippen LogP contribution is -2.43. The number of benzene rings is 1. The van der Waals surface area contributed by atoms with Crippen LogP contribution in [-0.4, -0.2) is 29.8 Å². The lowest BCUT2D eigenvalue weighted by atomic mass is 9.96. The van der Waals surface area contributed by atoms with E-state index in [1.165, 1.54) is 18.1 Å². The highest BCUT2D eigenvalue weighted by molar-refractivity contribution is 5.96. The van der Waals surface area contributed by atoms with E-state index in [4.69, 9.17) is 4.42 Å². The van der Waals surface area contributed by atoms with Gasteiger partial charge in [-0.3, -0.25) is 9.59 Å². The zero-order valence-corrected chi connectivity index (χ0v) is 15.4. The van der Waals surface area contributed by atoms with E-state index in [2.05, 4.69) is 31.3 Å². The van der Waals surface area contributed by atoms with E-state index in [-0.39, 0.29) is 17.7 Å². The molecule has 2 heterocycles. The number of anilines is 1. The molecule has 5 heteroatoms. The number of carbonyl (C=O) groups is 2. The summed E-state index contributed by atoms with van der Waals surface area (Å²) < 4.78 is 4.99. The van der Waals surface area contributed by atoms with Gasteiger partial charge < -0.3 is 14.6 Å². The quantitative estimate of drug-likeness (QED) is 0.871. The Morgan fingerprint density at radius 2 is 2.04 bits per heavy atom. The van der Waals surface area contributed by atoms with Crippen molar-refractivity contribution in [3.63, 3.8) is 0 Å². The second-order valence-electron chi connectivity index (χ2n) is 7.02. The summed E-state index contributed by atoms with van der Waals surface area (Å²) in [5, 5.41) is 2.99. The van der Waals surface area contributed by atoms with Gasteiger partial charge in [0.15, 0.2) is 0 Å². The van der Waals surface area contributed by atoms with Crippen LogP contribution in [-0.2, 0) is 4.79 Å². The van der Waals surface area contributed by atoms with Crippen molar-refractivity contribution in [2.75, 3.05) is 18.4 Å². The third-order valence-corrected chi connectivity index (χ3v) is 5.21. The standard InChI is InChI=1S/C21H26N2O3/c1-3-15(2)16-6-8-19(9-7-16)22-20(24)17-5-4-11-23(13-17)21(25)18-10-12-26-14-18/h6-10,12,14-15,17H,3-5,11,13H2,1-2H3,(H,22,24)/t15-,17+/m0/s1. The zero-order valence-electron chi connectivity index (χ0n) is 15.4. The Bertz CT molecular complexity index is 737. The van der Waals surface area contributed by atoms with Gasteiger partial charge >= 0.3 is 0 Å². The maximum atomic E-state index is 12.6. The van der Waals surface area contributed by atoms with E-state index in [0.717, 1.165) is 24.9 Å². The van der Waals surface area contributed by atoms with Gasteiger partial charge in [0.25, 0.3) is 5.91 Å². The van der Waals surface area contributed by atoms with Crippen molar-refractivity contribution < 1.29 is 14.0 Å². The zero-order chi connectivity index (χ0) is 18.5. The molecular formula is C21H26N2O3. The first kappa shape index (κ1) is 18.2. The molecule has 0 saturated carbocycles. The smallest absolute Gasteiger partial charge is 0.257 e. The summed E-state index contributed by atoms with van der Waals surface area (Å²) in [6.45, 7) is 5.49. The summed E-state index contributed by atoms with van der Waals surface area (Å²) >= 11 is 0. The van der Waals surface area contributed by atoms with Crippen LogP contribution in [0.4, 0.5) is 5.69 Å². The molecule has 138 valence electrons. The Labute approximate surface area is 154 Å². The van der Waals surface area contributed by atoms with Gasteiger partial charge in [0, 0.05) is 18.8 Å². The van der Waals surface area contributed by atoms with Crippen molar-refractivity contribution in [3.05, 3.63) is 54.0 Å². The molecule has 1 N–H and O–H groups in total. The highest BCUT2D eigenvalue weighted by atomic mass is 16.3. The van der Waals surface area contributed by atoms with E-state index in [1.54, 1.807) is 11.0 Å². The summed E-state index contributed by atoms with van der Waals surface area (Å²) in [5.41, 5.74) is 2.62. The van der Waals surface area contributed by atoms with Crippen LogP contribution in [0.3, 0.4) is 0 Å². The monoisotopic (exact) mass is 354 g/mol. The molecule has 5 nitrogen and oxygen atoms in total. The molecular weight excluding hydrogens is 328 g/mol. The van der Waals surface area contributed by atoms with Gasteiger partial charge in [0.2, 0.25) is 5.91 Å². The second kappa shape index (κ2) is 8.21. The molecule has 0 spiro atoms. The van der Waals surface area contributed by atoms with Crippen LogP contribution >= 0.6 is 0 Å². The van der Waals surface area contributed by atoms with Gasteiger partial charge in [0.1, 0.15) is 6.26 Å². The van der Waals surface area contributed by atoms with Gasteiger partial charge in [0.05, 0.1) is 17.7 Å². The number of nitrogens with zero attached hydrogens (tertiary/aromatic N) is 1. The summed E-state index contributed by atoms with van der Waals surface area (Å²) in [5.74, 6) is 0.231. The molecule has 1 aromatic carbocycles. The van der Waals surface area contributed by atoms with Crippen LogP contribution in [0.2, 0.25) is 0 Å². The van der Waals surface area contributed by atoms with Crippen molar-refractivity contribution in [1.29, 1.82) is 0 Å². The maximum absolute atomic E-state index is 12.6. The number of hydrogen-bond acceptors (Lipinski definition) is 3. The van der Waals surface area contributed by atoms with Gasteiger partial charge in [-0.1, -0.05) is 26.0 Å². The number of hydrogen-bond donors (Lipinski definition) is 1. The summed E-state index contributed by atoms with van der Waals surface area (Å²) in [4.78, 5) is 26.8. The first-order valence-corrected chi connectivity index (χ1v) is 9.30. The molecule has 1 saturated heterocycles. The van der Waals surface area contributed by atoms with Gasteiger partial charge in [-0.05, 0) is 48.9 Å². The van der Waals surface area contributed by atoms with E-state index < -0.39 is 0 Å². The normalized spacial score (nSPS) is 18.4. The number of likely N-dealkylation sites (tertiary alicyclic amines) is 1. The first-order chi connectivity index (χ1) is 12.6. The van der Waals surface area contributed by atoms with Crippen molar-refractivity contribution in [1.82, 2.24) is 4.90 Å². The summed E-state index contributed by atoms with van der Waals surface area (Å²) in [6, 6.07) is 9.71. The van der Waals surface area contributed by atoms with Crippen LogP contribution in [0.15, 0.2) is 47.3 Å². The van der Waals surface area contributed by atoms with Crippen molar-refractivity contribution in [2.45, 2.75) is 39.0 Å². The fourth-order valence-corrected chi connectivity index (χ4v) is 3.32. The summed E-state index contributed by atoms with van der Waals surface area (Å²) in [7, 11) is 0. The number of furan rings is 1. The molecule has 0 aliphatic carbocycles. The predicted molar refractivity (Wildman–Crippen MR) is 101 cm³/mol. The van der Waals surface area contributed by atoms with E-state index in [9.17, 15) is 9.59 Å². The van der Waals surface area contributed by atoms with Crippen molar-refractivity contribution >= 4 is 17.5 Å². The molecule has 2 aromatic rings. The number of carbonyl (C=O) groups excluding carboxylic acids is 2. The van der Waals surface area contributed by atoms with Gasteiger partial charge in [-0.15, -0.1) is 0 Å². The molecule has 0 unspecified atom stereocenters. The van der Waals surface area contributed by atoms with Crippen LogP contribution in [0, 0.1) is 5.92 Å². The van der Waals surface area contributed by atoms with Gasteiger partial charge in [-0.25, -0.2) is 0 Å². The fourth-order valence-electron chi connectivity index (χ4n) is 3.32. The number of piperidine rings is 1. The second-order valence-corrected chi connectivity index (χ2v) is 7.02. The molecule has 2 amide bonds. The van der Waals surface area contributed by atoms with E-state index in [1.807, 2.05) is 12.1 Å². The SMILES string of the molecule is CC[C@H](C)c1ccc(NC(=O)[C@@H]2CCCN(C(=O)c3ccoc3)C2)cc1.